The lowest BCUT2D eigenvalue weighted by atomic mass is 10.2. The summed E-state index contributed by atoms with van der Waals surface area (Å²) >= 11 is 1.37. The van der Waals surface area contributed by atoms with E-state index in [-0.39, 0.29) is 47.7 Å². The second-order valence-corrected chi connectivity index (χ2v) is 9.56. The molecule has 1 aliphatic rings. The maximum Gasteiger partial charge on any atom is 0.279 e. The molecule has 32 heavy (non-hydrogen) atoms. The Balaban J connectivity index is 0.00000363. The van der Waals surface area contributed by atoms with E-state index in [1.807, 2.05) is 61.6 Å². The van der Waals surface area contributed by atoms with Crippen LogP contribution in [0.3, 0.4) is 0 Å². The van der Waals surface area contributed by atoms with Crippen molar-refractivity contribution in [2.75, 3.05) is 45.6 Å². The molecule has 0 atom stereocenters. The zero-order valence-corrected chi connectivity index (χ0v) is 20.4. The number of rotatable bonds is 8. The van der Waals surface area contributed by atoms with Gasteiger partial charge in [0, 0.05) is 19.6 Å². The van der Waals surface area contributed by atoms with Gasteiger partial charge in [0.15, 0.2) is 13.1 Å². The molecule has 0 saturated carbocycles. The van der Waals surface area contributed by atoms with E-state index in [2.05, 4.69) is 10.6 Å². The van der Waals surface area contributed by atoms with Crippen molar-refractivity contribution in [1.82, 2.24) is 10.2 Å². The van der Waals surface area contributed by atoms with Gasteiger partial charge in [0.2, 0.25) is 0 Å². The molecule has 9 heteroatoms. The molecule has 2 heterocycles. The molecule has 3 amide bonds. The van der Waals surface area contributed by atoms with Gasteiger partial charge in [0.1, 0.15) is 4.88 Å². The van der Waals surface area contributed by atoms with Crippen LogP contribution >= 0.6 is 11.3 Å². The molecule has 0 bridgehead atoms. The average Bonchev–Trinajstić information content (AvgIpc) is 3.37. The Morgan fingerprint density at radius 2 is 1.66 bits per heavy atom. The van der Waals surface area contributed by atoms with Gasteiger partial charge in [0.25, 0.3) is 17.7 Å². The van der Waals surface area contributed by atoms with Gasteiger partial charge in [-0.2, -0.15) is 0 Å². The van der Waals surface area contributed by atoms with Crippen molar-refractivity contribution in [3.63, 3.8) is 0 Å². The number of likely N-dealkylation sites (N-methyl/N-ethyl adjacent to an activating group) is 1. The van der Waals surface area contributed by atoms with Gasteiger partial charge < -0.3 is 32.4 Å². The van der Waals surface area contributed by atoms with Crippen molar-refractivity contribution in [3.05, 3.63) is 51.7 Å². The van der Waals surface area contributed by atoms with Crippen molar-refractivity contribution < 1.29 is 31.3 Å². The molecule has 1 saturated heterocycles. The van der Waals surface area contributed by atoms with Crippen LogP contribution in [0.15, 0.2) is 35.7 Å². The summed E-state index contributed by atoms with van der Waals surface area (Å²) in [5, 5.41) is 7.73. The standard InChI is InChI=1S/C23H30N4O3S.ClH/c1-17-16-31-22(23(30)26-11-7-8-12-26)21(17)25-20(29)15-27(2,3)14-19(28)24-13-18-9-5-4-6-10-18;/h4-6,9-10,16H,7-8,11-15H2,1-3H3,(H-,24,25,28,29,30);1H. The molecule has 174 valence electrons. The van der Waals surface area contributed by atoms with Crippen LogP contribution in [0.1, 0.15) is 33.6 Å². The van der Waals surface area contributed by atoms with E-state index in [0.717, 1.165) is 37.1 Å². The third-order valence-electron chi connectivity index (χ3n) is 5.30. The summed E-state index contributed by atoms with van der Waals surface area (Å²) in [5.74, 6) is -0.337. The molecule has 3 rings (SSSR count). The number of carbonyl (C=O) groups excluding carboxylic acids is 3. The Morgan fingerprint density at radius 3 is 2.31 bits per heavy atom. The quantitative estimate of drug-likeness (QED) is 0.508. The maximum absolute atomic E-state index is 12.8. The molecule has 2 N–H and O–H groups in total. The molecule has 0 aliphatic carbocycles. The zero-order chi connectivity index (χ0) is 22.4. The number of thiophene rings is 1. The van der Waals surface area contributed by atoms with Gasteiger partial charge in [-0.3, -0.25) is 14.4 Å². The molecular formula is C23H31ClN4O3S. The fourth-order valence-electron chi connectivity index (χ4n) is 3.69. The fourth-order valence-corrected chi connectivity index (χ4v) is 4.66. The van der Waals surface area contributed by atoms with E-state index >= 15 is 0 Å². The number of quaternary nitrogens is 1. The van der Waals surface area contributed by atoms with Gasteiger partial charge in [-0.1, -0.05) is 30.3 Å². The van der Waals surface area contributed by atoms with Crippen molar-refractivity contribution >= 4 is 34.7 Å². The molecule has 0 unspecified atom stereocenters. The number of benzene rings is 1. The summed E-state index contributed by atoms with van der Waals surface area (Å²) in [4.78, 5) is 40.4. The van der Waals surface area contributed by atoms with Crippen LogP contribution in [0.2, 0.25) is 0 Å². The molecule has 1 aromatic heterocycles. The first-order valence-electron chi connectivity index (χ1n) is 10.5. The summed E-state index contributed by atoms with van der Waals surface area (Å²) in [6.07, 6.45) is 2.05. The van der Waals surface area contributed by atoms with Crippen LogP contribution in [-0.4, -0.2) is 67.4 Å². The zero-order valence-electron chi connectivity index (χ0n) is 18.8. The smallest absolute Gasteiger partial charge is 0.279 e. The number of likely N-dealkylation sites (tertiary alicyclic amines) is 1. The van der Waals surface area contributed by atoms with Crippen LogP contribution in [0.5, 0.6) is 0 Å². The predicted molar refractivity (Wildman–Crippen MR) is 123 cm³/mol. The topological polar surface area (TPSA) is 78.5 Å². The Labute approximate surface area is 199 Å². The number of nitrogens with zero attached hydrogens (tertiary/aromatic N) is 2. The molecule has 2 aromatic rings. The van der Waals surface area contributed by atoms with E-state index in [4.69, 9.17) is 0 Å². The minimum atomic E-state index is -0.210. The largest absolute Gasteiger partial charge is 1.00 e. The lowest BCUT2D eigenvalue weighted by Crippen LogP contribution is -3.00. The molecule has 0 radical (unpaired) electrons. The third kappa shape index (κ3) is 7.05. The van der Waals surface area contributed by atoms with Crippen LogP contribution < -0.4 is 23.0 Å². The molecule has 1 aromatic carbocycles. The van der Waals surface area contributed by atoms with E-state index in [0.29, 0.717) is 17.1 Å². The number of halogens is 1. The second kappa shape index (κ2) is 11.4. The first-order chi connectivity index (χ1) is 14.7. The monoisotopic (exact) mass is 478 g/mol. The Bertz CT molecular complexity index is 940. The SMILES string of the molecule is Cc1csc(C(=O)N2CCCC2)c1NC(=O)C[N+](C)(C)CC(=O)NCc1ccccc1.[Cl-]. The van der Waals surface area contributed by atoms with Gasteiger partial charge in [-0.05, 0) is 36.3 Å². The highest BCUT2D eigenvalue weighted by molar-refractivity contribution is 7.13. The highest BCUT2D eigenvalue weighted by Crippen LogP contribution is 2.30. The lowest BCUT2D eigenvalue weighted by Gasteiger charge is -2.28. The van der Waals surface area contributed by atoms with Crippen molar-refractivity contribution in [3.8, 4) is 0 Å². The van der Waals surface area contributed by atoms with E-state index in [1.54, 1.807) is 0 Å². The summed E-state index contributed by atoms with van der Waals surface area (Å²) in [6, 6.07) is 9.71. The number of hydrogen-bond donors (Lipinski definition) is 2. The van der Waals surface area contributed by atoms with Crippen LogP contribution in [0.25, 0.3) is 0 Å². The van der Waals surface area contributed by atoms with Crippen LogP contribution in [0, 0.1) is 6.92 Å². The number of anilines is 1. The van der Waals surface area contributed by atoms with Gasteiger partial charge in [0.05, 0.1) is 19.8 Å². The minimum absolute atomic E-state index is 0. The lowest BCUT2D eigenvalue weighted by molar-refractivity contribution is -0.874. The normalized spacial score (nSPS) is 13.4. The number of hydrogen-bond acceptors (Lipinski definition) is 4. The highest BCUT2D eigenvalue weighted by Gasteiger charge is 2.28. The van der Waals surface area contributed by atoms with Crippen molar-refractivity contribution in [2.24, 2.45) is 0 Å². The van der Waals surface area contributed by atoms with Gasteiger partial charge in [-0.15, -0.1) is 11.3 Å². The van der Waals surface area contributed by atoms with Crippen molar-refractivity contribution in [1.29, 1.82) is 0 Å². The first-order valence-corrected chi connectivity index (χ1v) is 11.4. The molecular weight excluding hydrogens is 448 g/mol. The number of aryl methyl sites for hydroxylation is 1. The van der Waals surface area contributed by atoms with Crippen LogP contribution in [0.4, 0.5) is 5.69 Å². The second-order valence-electron chi connectivity index (χ2n) is 8.68. The Kier molecular flexibility index (Phi) is 9.24. The third-order valence-corrected chi connectivity index (χ3v) is 6.39. The summed E-state index contributed by atoms with van der Waals surface area (Å²) in [7, 11) is 3.69. The number of carbonyl (C=O) groups is 3. The molecule has 7 nitrogen and oxygen atoms in total. The Hall–Kier alpha value is -2.42. The fraction of sp³-hybridized carbons (Fsp3) is 0.435. The average molecular weight is 479 g/mol. The van der Waals surface area contributed by atoms with E-state index < -0.39 is 0 Å². The number of amides is 3. The highest BCUT2D eigenvalue weighted by atomic mass is 35.5. The maximum atomic E-state index is 12.8. The van der Waals surface area contributed by atoms with Gasteiger partial charge >= 0.3 is 0 Å². The predicted octanol–water partition coefficient (Wildman–Crippen LogP) is -0.372. The summed E-state index contributed by atoms with van der Waals surface area (Å²) in [5.41, 5.74) is 2.51. The first kappa shape index (κ1) is 25.8. The summed E-state index contributed by atoms with van der Waals surface area (Å²) < 4.78 is 0.213. The minimum Gasteiger partial charge on any atom is -1.00 e. The molecule has 1 aliphatic heterocycles. The molecule has 1 fully saturated rings. The van der Waals surface area contributed by atoms with E-state index in [9.17, 15) is 14.4 Å². The number of nitrogens with one attached hydrogen (secondary N) is 2. The van der Waals surface area contributed by atoms with Crippen molar-refractivity contribution in [2.45, 2.75) is 26.3 Å². The van der Waals surface area contributed by atoms with Gasteiger partial charge in [-0.25, -0.2) is 0 Å². The Morgan fingerprint density at radius 1 is 1.03 bits per heavy atom. The summed E-state index contributed by atoms with van der Waals surface area (Å²) in [6.45, 7) is 4.20. The molecule has 0 spiro atoms. The van der Waals surface area contributed by atoms with E-state index in [1.165, 1.54) is 11.3 Å². The van der Waals surface area contributed by atoms with Crippen LogP contribution in [-0.2, 0) is 16.1 Å².